The third kappa shape index (κ3) is 3.01. The van der Waals surface area contributed by atoms with Crippen LogP contribution in [-0.2, 0) is 0 Å². The first-order chi connectivity index (χ1) is 12.3. The molecule has 0 aliphatic rings. The number of hydrogen-bond acceptors (Lipinski definition) is 2. The average molecular weight is 376 g/mol. The van der Waals surface area contributed by atoms with E-state index in [-0.39, 0.29) is 6.54 Å². The summed E-state index contributed by atoms with van der Waals surface area (Å²) in [6.45, 7) is 1.76. The van der Waals surface area contributed by atoms with Crippen LogP contribution >= 0.6 is 0 Å². The van der Waals surface area contributed by atoms with Crippen LogP contribution in [0.5, 0.6) is 0 Å². The fourth-order valence-corrected chi connectivity index (χ4v) is 2.30. The summed E-state index contributed by atoms with van der Waals surface area (Å²) in [5.74, 6) is -13.8. The summed E-state index contributed by atoms with van der Waals surface area (Å²) >= 11 is 0. The van der Waals surface area contributed by atoms with Crippen LogP contribution in [0.2, 0.25) is 0 Å². The highest BCUT2D eigenvalue weighted by atomic mass is 19.2. The molecule has 11 heteroatoms. The Bertz CT molecular complexity index is 956. The van der Waals surface area contributed by atoms with Crippen molar-refractivity contribution in [3.05, 3.63) is 50.9 Å². The lowest BCUT2D eigenvalue weighted by atomic mass is 10.0. The van der Waals surface area contributed by atoms with Gasteiger partial charge < -0.3 is 5.32 Å². The number of azide groups is 1. The Morgan fingerprint density at radius 3 is 2.12 bits per heavy atom. The first kappa shape index (κ1) is 19.4. The monoisotopic (exact) mass is 376 g/mol. The van der Waals surface area contributed by atoms with Crippen molar-refractivity contribution >= 4 is 22.4 Å². The van der Waals surface area contributed by atoms with E-state index in [1.165, 1.54) is 0 Å². The van der Waals surface area contributed by atoms with Crippen LogP contribution in [0.3, 0.4) is 0 Å². The summed E-state index contributed by atoms with van der Waals surface area (Å²) in [5, 5.41) is 1.41. The molecule has 2 aromatic carbocycles. The van der Waals surface area contributed by atoms with Gasteiger partial charge >= 0.3 is 0 Å². The first-order valence-electron chi connectivity index (χ1n) is 7.27. The zero-order valence-electron chi connectivity index (χ0n) is 13.1. The lowest BCUT2D eigenvalue weighted by Crippen LogP contribution is -2.27. The van der Waals surface area contributed by atoms with Gasteiger partial charge in [-0.3, -0.25) is 4.79 Å². The van der Waals surface area contributed by atoms with Crippen LogP contribution in [-0.4, -0.2) is 12.5 Å². The molecule has 0 bridgehead atoms. The first-order valence-corrected chi connectivity index (χ1v) is 7.27. The number of carbonyl (C=O) groups excluding carboxylic acids is 1. The summed E-state index contributed by atoms with van der Waals surface area (Å²) in [4.78, 5) is 13.9. The van der Waals surface area contributed by atoms with Gasteiger partial charge in [0, 0.05) is 11.5 Å². The van der Waals surface area contributed by atoms with Crippen LogP contribution < -0.4 is 5.32 Å². The van der Waals surface area contributed by atoms with Crippen molar-refractivity contribution < 1.29 is 31.1 Å². The molecule has 0 saturated carbocycles. The zero-order valence-corrected chi connectivity index (χ0v) is 13.1. The quantitative estimate of drug-likeness (QED) is 0.192. The molecule has 0 aliphatic heterocycles. The highest BCUT2D eigenvalue weighted by Crippen LogP contribution is 2.38. The van der Waals surface area contributed by atoms with E-state index in [1.807, 2.05) is 4.91 Å². The highest BCUT2D eigenvalue weighted by Gasteiger charge is 2.32. The highest BCUT2D eigenvalue weighted by molar-refractivity contribution is 6.00. The Hall–Kier alpha value is -2.94. The number of halogens is 6. The second-order valence-electron chi connectivity index (χ2n) is 5.16. The predicted octanol–water partition coefficient (Wildman–Crippen LogP) is 5.15. The van der Waals surface area contributed by atoms with E-state index in [0.717, 1.165) is 0 Å². The van der Waals surface area contributed by atoms with E-state index in [9.17, 15) is 31.1 Å². The lowest BCUT2D eigenvalue weighted by molar-refractivity contribution is 0.0944. The van der Waals surface area contributed by atoms with E-state index in [4.69, 9.17) is 5.53 Å². The minimum absolute atomic E-state index is 0.00506. The lowest BCUT2D eigenvalue weighted by Gasteiger charge is -2.13. The van der Waals surface area contributed by atoms with Crippen LogP contribution in [0.25, 0.3) is 21.2 Å². The molecule has 0 heterocycles. The van der Waals surface area contributed by atoms with Crippen molar-refractivity contribution in [2.75, 3.05) is 6.54 Å². The summed E-state index contributed by atoms with van der Waals surface area (Å²) in [6.07, 6.45) is 1.07. The van der Waals surface area contributed by atoms with Crippen molar-refractivity contribution in [1.82, 2.24) is 5.32 Å². The molecule has 5 nitrogen and oxygen atoms in total. The molecule has 0 spiro atoms. The van der Waals surface area contributed by atoms with E-state index >= 15 is 0 Å². The fraction of sp³-hybridized carbons (Fsp3) is 0.267. The molecule has 138 valence electrons. The molecule has 0 aromatic heterocycles. The molecule has 26 heavy (non-hydrogen) atoms. The minimum Gasteiger partial charge on any atom is -0.352 e. The molecule has 0 radical (unpaired) electrons. The maximum atomic E-state index is 14.5. The summed E-state index contributed by atoms with van der Waals surface area (Å²) in [5.41, 5.74) is 5.14. The number of nitrogens with one attached hydrogen (secondary N) is 1. The van der Waals surface area contributed by atoms with Gasteiger partial charge in [-0.1, -0.05) is 18.5 Å². The maximum Gasteiger partial charge on any atom is 0.257 e. The molecule has 1 amide bonds. The Balaban J connectivity index is 2.86. The average Bonchev–Trinajstić information content (AvgIpc) is 2.60. The SMILES string of the molecule is CCCCNC(=O)c1c(F)c(F)c2c(F)c(N=[N+]=[N-])c(F)c(F)c2c1F. The van der Waals surface area contributed by atoms with E-state index in [1.54, 1.807) is 6.92 Å². The Morgan fingerprint density at radius 2 is 1.54 bits per heavy atom. The number of benzene rings is 2. The van der Waals surface area contributed by atoms with Gasteiger partial charge in [0.05, 0.1) is 10.8 Å². The smallest absolute Gasteiger partial charge is 0.257 e. The van der Waals surface area contributed by atoms with Gasteiger partial charge in [-0.25, -0.2) is 26.3 Å². The van der Waals surface area contributed by atoms with E-state index in [0.29, 0.717) is 12.8 Å². The van der Waals surface area contributed by atoms with Crippen molar-refractivity contribution in [1.29, 1.82) is 0 Å². The third-order valence-corrected chi connectivity index (χ3v) is 3.56. The molecule has 0 fully saturated rings. The van der Waals surface area contributed by atoms with E-state index in [2.05, 4.69) is 10.4 Å². The molecule has 0 atom stereocenters. The normalized spacial score (nSPS) is 10.7. The van der Waals surface area contributed by atoms with Crippen molar-refractivity contribution in [2.24, 2.45) is 5.11 Å². The van der Waals surface area contributed by atoms with Gasteiger partial charge in [-0.15, -0.1) is 0 Å². The molecule has 0 saturated heterocycles. The second-order valence-corrected chi connectivity index (χ2v) is 5.16. The number of nitrogens with zero attached hydrogens (tertiary/aromatic N) is 3. The van der Waals surface area contributed by atoms with Gasteiger partial charge in [-0.2, -0.15) is 0 Å². The van der Waals surface area contributed by atoms with Gasteiger partial charge in [0.15, 0.2) is 23.3 Å². The number of amides is 1. The number of fused-ring (bicyclic) bond motifs is 1. The largest absolute Gasteiger partial charge is 0.352 e. The zero-order chi connectivity index (χ0) is 19.6. The molecular weight excluding hydrogens is 366 g/mol. The van der Waals surface area contributed by atoms with Crippen molar-refractivity contribution in [2.45, 2.75) is 19.8 Å². The van der Waals surface area contributed by atoms with Gasteiger partial charge in [0.25, 0.3) is 5.91 Å². The number of unbranched alkanes of at least 4 members (excludes halogenated alkanes) is 1. The topological polar surface area (TPSA) is 77.9 Å². The number of carbonyl (C=O) groups is 1. The molecule has 2 aromatic rings. The molecule has 0 aliphatic carbocycles. The predicted molar refractivity (Wildman–Crippen MR) is 79.7 cm³/mol. The van der Waals surface area contributed by atoms with Gasteiger partial charge in [0.2, 0.25) is 0 Å². The van der Waals surface area contributed by atoms with Crippen LogP contribution in [0.4, 0.5) is 32.0 Å². The Labute approximate surface area is 142 Å². The van der Waals surface area contributed by atoms with Crippen LogP contribution in [0.15, 0.2) is 5.11 Å². The van der Waals surface area contributed by atoms with Crippen LogP contribution in [0, 0.1) is 34.9 Å². The third-order valence-electron chi connectivity index (χ3n) is 3.56. The van der Waals surface area contributed by atoms with Crippen molar-refractivity contribution in [3.8, 4) is 0 Å². The Morgan fingerprint density at radius 1 is 0.962 bits per heavy atom. The fourth-order valence-electron chi connectivity index (χ4n) is 2.30. The minimum atomic E-state index is -2.12. The standard InChI is InChI=1S/C15H10F6N4O/c1-2-3-4-23-15(26)7-8(16)5-6(9(17)11(7)19)12(20)14(24-25-22)13(21)10(5)18/h2-4H2,1H3,(H,23,26). The Kier molecular flexibility index (Phi) is 5.61. The van der Waals surface area contributed by atoms with Crippen molar-refractivity contribution in [3.63, 3.8) is 0 Å². The summed E-state index contributed by atoms with van der Waals surface area (Å²) < 4.78 is 84.8. The molecule has 2 rings (SSSR count). The second kappa shape index (κ2) is 7.52. The summed E-state index contributed by atoms with van der Waals surface area (Å²) in [7, 11) is 0. The summed E-state index contributed by atoms with van der Waals surface area (Å²) in [6, 6.07) is 0. The van der Waals surface area contributed by atoms with E-state index < -0.39 is 62.8 Å². The van der Waals surface area contributed by atoms with Gasteiger partial charge in [-0.05, 0) is 12.0 Å². The molecule has 0 unspecified atom stereocenters. The maximum absolute atomic E-state index is 14.5. The van der Waals surface area contributed by atoms with Gasteiger partial charge in [0.1, 0.15) is 22.9 Å². The number of rotatable bonds is 5. The molecular formula is C15H10F6N4O. The number of hydrogen-bond donors (Lipinski definition) is 1. The molecule has 1 N–H and O–H groups in total. The van der Waals surface area contributed by atoms with Crippen LogP contribution in [0.1, 0.15) is 30.1 Å².